The minimum absolute atomic E-state index is 0.190. The van der Waals surface area contributed by atoms with E-state index < -0.39 is 10.0 Å². The fourth-order valence-corrected chi connectivity index (χ4v) is 4.06. The Kier molecular flexibility index (Phi) is 5.62. The highest BCUT2D eigenvalue weighted by atomic mass is 32.2. The van der Waals surface area contributed by atoms with Gasteiger partial charge < -0.3 is 4.90 Å². The molecule has 1 unspecified atom stereocenters. The standard InChI is InChI=1S/C14H27N3O3S/c1-13-6-3-4-9-17(13)14(18)12-15-7-5-8-16(11-10-15)21(2,19)20/h13H,3-12H2,1-2H3. The fraction of sp³-hybridized carbons (Fsp3) is 0.929. The maximum Gasteiger partial charge on any atom is 0.236 e. The van der Waals surface area contributed by atoms with Crippen molar-refractivity contribution < 1.29 is 13.2 Å². The van der Waals surface area contributed by atoms with Gasteiger partial charge >= 0.3 is 0 Å². The zero-order chi connectivity index (χ0) is 15.5. The topological polar surface area (TPSA) is 60.9 Å². The van der Waals surface area contributed by atoms with Crippen molar-refractivity contribution in [3.63, 3.8) is 0 Å². The Labute approximate surface area is 128 Å². The molecule has 0 aromatic heterocycles. The van der Waals surface area contributed by atoms with Crippen LogP contribution >= 0.6 is 0 Å². The van der Waals surface area contributed by atoms with Crippen LogP contribution in [-0.2, 0) is 14.8 Å². The van der Waals surface area contributed by atoms with Crippen LogP contribution in [0.3, 0.4) is 0 Å². The molecule has 7 heteroatoms. The van der Waals surface area contributed by atoms with E-state index >= 15 is 0 Å². The molecule has 2 heterocycles. The van der Waals surface area contributed by atoms with Gasteiger partial charge in [-0.1, -0.05) is 0 Å². The Balaban J connectivity index is 1.87. The SMILES string of the molecule is CC1CCCCN1C(=O)CN1CCCN(S(C)(=O)=O)CC1. The van der Waals surface area contributed by atoms with E-state index in [2.05, 4.69) is 11.8 Å². The summed E-state index contributed by atoms with van der Waals surface area (Å²) in [6, 6.07) is 0.339. The van der Waals surface area contributed by atoms with E-state index in [1.54, 1.807) is 0 Å². The zero-order valence-corrected chi connectivity index (χ0v) is 13.9. The Morgan fingerprint density at radius 1 is 1.05 bits per heavy atom. The van der Waals surface area contributed by atoms with E-state index in [9.17, 15) is 13.2 Å². The van der Waals surface area contributed by atoms with Gasteiger partial charge in [-0.05, 0) is 39.2 Å². The van der Waals surface area contributed by atoms with Crippen LogP contribution in [0.5, 0.6) is 0 Å². The summed E-state index contributed by atoms with van der Waals surface area (Å²) in [5, 5.41) is 0. The molecule has 2 saturated heterocycles. The van der Waals surface area contributed by atoms with Crippen molar-refractivity contribution in [1.29, 1.82) is 0 Å². The van der Waals surface area contributed by atoms with Crippen molar-refractivity contribution in [2.75, 3.05) is 45.5 Å². The highest BCUT2D eigenvalue weighted by Gasteiger charge is 2.26. The summed E-state index contributed by atoms with van der Waals surface area (Å²) in [6.07, 6.45) is 5.43. The number of nitrogens with zero attached hydrogens (tertiary/aromatic N) is 3. The van der Waals surface area contributed by atoms with Crippen LogP contribution in [0.15, 0.2) is 0 Å². The Morgan fingerprint density at radius 2 is 1.81 bits per heavy atom. The number of likely N-dealkylation sites (tertiary alicyclic amines) is 1. The van der Waals surface area contributed by atoms with E-state index in [1.807, 2.05) is 4.90 Å². The number of rotatable bonds is 3. The van der Waals surface area contributed by atoms with Crippen molar-refractivity contribution in [2.45, 2.75) is 38.6 Å². The summed E-state index contributed by atoms with van der Waals surface area (Å²) in [7, 11) is -3.12. The van der Waals surface area contributed by atoms with Gasteiger partial charge in [0.1, 0.15) is 0 Å². The van der Waals surface area contributed by atoms with E-state index in [1.165, 1.54) is 17.0 Å². The summed E-state index contributed by atoms with van der Waals surface area (Å²) < 4.78 is 24.7. The molecule has 2 aliphatic rings. The molecule has 0 aromatic carbocycles. The summed E-state index contributed by atoms with van der Waals surface area (Å²) in [5.41, 5.74) is 0. The number of carbonyl (C=O) groups is 1. The summed E-state index contributed by atoms with van der Waals surface area (Å²) in [4.78, 5) is 16.5. The average molecular weight is 317 g/mol. The van der Waals surface area contributed by atoms with Gasteiger partial charge in [0, 0.05) is 32.2 Å². The Morgan fingerprint density at radius 3 is 2.48 bits per heavy atom. The number of piperidine rings is 1. The second-order valence-electron chi connectivity index (χ2n) is 6.22. The average Bonchev–Trinajstić information content (AvgIpc) is 2.64. The smallest absolute Gasteiger partial charge is 0.236 e. The number of hydrogen-bond acceptors (Lipinski definition) is 4. The highest BCUT2D eigenvalue weighted by molar-refractivity contribution is 7.88. The van der Waals surface area contributed by atoms with Crippen LogP contribution in [0.1, 0.15) is 32.6 Å². The van der Waals surface area contributed by atoms with E-state index in [4.69, 9.17) is 0 Å². The molecule has 122 valence electrons. The predicted molar refractivity (Wildman–Crippen MR) is 82.5 cm³/mol. The summed E-state index contributed by atoms with van der Waals surface area (Å²) in [6.45, 7) is 5.88. The number of carbonyl (C=O) groups excluding carboxylic acids is 1. The minimum Gasteiger partial charge on any atom is -0.339 e. The van der Waals surface area contributed by atoms with Gasteiger partial charge in [0.15, 0.2) is 0 Å². The molecular weight excluding hydrogens is 290 g/mol. The van der Waals surface area contributed by atoms with Crippen LogP contribution in [0.25, 0.3) is 0 Å². The Hall–Kier alpha value is -0.660. The largest absolute Gasteiger partial charge is 0.339 e. The minimum atomic E-state index is -3.12. The van der Waals surface area contributed by atoms with Gasteiger partial charge in [-0.3, -0.25) is 9.69 Å². The first-order valence-corrected chi connectivity index (χ1v) is 9.69. The van der Waals surface area contributed by atoms with Crippen LogP contribution in [0.4, 0.5) is 0 Å². The van der Waals surface area contributed by atoms with Gasteiger partial charge in [0.25, 0.3) is 0 Å². The molecule has 0 aromatic rings. The van der Waals surface area contributed by atoms with E-state index in [0.717, 1.165) is 32.4 Å². The molecule has 2 aliphatic heterocycles. The van der Waals surface area contributed by atoms with E-state index in [0.29, 0.717) is 32.2 Å². The van der Waals surface area contributed by atoms with Crippen molar-refractivity contribution >= 4 is 15.9 Å². The third kappa shape index (κ3) is 4.66. The quantitative estimate of drug-likeness (QED) is 0.754. The van der Waals surface area contributed by atoms with Crippen LogP contribution in [-0.4, -0.2) is 80.0 Å². The maximum atomic E-state index is 12.4. The number of sulfonamides is 1. The van der Waals surface area contributed by atoms with Crippen LogP contribution < -0.4 is 0 Å². The molecule has 0 saturated carbocycles. The van der Waals surface area contributed by atoms with Crippen molar-refractivity contribution in [3.8, 4) is 0 Å². The molecule has 0 spiro atoms. The number of amides is 1. The first kappa shape index (κ1) is 16.7. The van der Waals surface area contributed by atoms with Gasteiger partial charge in [-0.25, -0.2) is 12.7 Å². The first-order chi connectivity index (χ1) is 9.88. The second kappa shape index (κ2) is 7.07. The maximum absolute atomic E-state index is 12.4. The number of hydrogen-bond donors (Lipinski definition) is 0. The molecular formula is C14H27N3O3S. The molecule has 0 aliphatic carbocycles. The van der Waals surface area contributed by atoms with Crippen molar-refractivity contribution in [3.05, 3.63) is 0 Å². The third-order valence-corrected chi connectivity index (χ3v) is 5.80. The first-order valence-electron chi connectivity index (χ1n) is 7.85. The van der Waals surface area contributed by atoms with Crippen molar-refractivity contribution in [2.24, 2.45) is 0 Å². The van der Waals surface area contributed by atoms with Crippen LogP contribution in [0, 0.1) is 0 Å². The van der Waals surface area contributed by atoms with Crippen LogP contribution in [0.2, 0.25) is 0 Å². The van der Waals surface area contributed by atoms with Gasteiger partial charge in [0.2, 0.25) is 15.9 Å². The second-order valence-corrected chi connectivity index (χ2v) is 8.21. The lowest BCUT2D eigenvalue weighted by molar-refractivity contribution is -0.135. The van der Waals surface area contributed by atoms with Gasteiger partial charge in [-0.15, -0.1) is 0 Å². The normalized spacial score (nSPS) is 26.6. The monoisotopic (exact) mass is 317 g/mol. The molecule has 0 radical (unpaired) electrons. The molecule has 1 atom stereocenters. The lowest BCUT2D eigenvalue weighted by Gasteiger charge is -2.35. The van der Waals surface area contributed by atoms with Gasteiger partial charge in [-0.2, -0.15) is 0 Å². The lowest BCUT2D eigenvalue weighted by atomic mass is 10.0. The highest BCUT2D eigenvalue weighted by Crippen LogP contribution is 2.17. The molecule has 21 heavy (non-hydrogen) atoms. The summed E-state index contributed by atoms with van der Waals surface area (Å²) in [5.74, 6) is 0.190. The van der Waals surface area contributed by atoms with Gasteiger partial charge in [0.05, 0.1) is 12.8 Å². The molecule has 0 N–H and O–H groups in total. The predicted octanol–water partition coefficient (Wildman–Crippen LogP) is 0.355. The molecule has 1 amide bonds. The summed E-state index contributed by atoms with van der Waals surface area (Å²) >= 11 is 0. The zero-order valence-electron chi connectivity index (χ0n) is 13.1. The molecule has 2 rings (SSSR count). The lowest BCUT2D eigenvalue weighted by Crippen LogP contribution is -2.47. The molecule has 6 nitrogen and oxygen atoms in total. The van der Waals surface area contributed by atoms with E-state index in [-0.39, 0.29) is 5.91 Å². The van der Waals surface area contributed by atoms with Crippen molar-refractivity contribution in [1.82, 2.24) is 14.1 Å². The fourth-order valence-electron chi connectivity index (χ4n) is 3.19. The molecule has 0 bridgehead atoms. The molecule has 2 fully saturated rings. The Bertz CT molecular complexity index is 466. The third-order valence-electron chi connectivity index (χ3n) is 4.50.